The lowest BCUT2D eigenvalue weighted by atomic mass is 10.0. The van der Waals surface area contributed by atoms with Crippen molar-refractivity contribution in [2.24, 2.45) is 7.05 Å². The van der Waals surface area contributed by atoms with Crippen molar-refractivity contribution in [1.29, 1.82) is 0 Å². The van der Waals surface area contributed by atoms with Crippen molar-refractivity contribution in [3.05, 3.63) is 70.8 Å². The van der Waals surface area contributed by atoms with Gasteiger partial charge in [0.05, 0.1) is 17.5 Å². The number of pyridine rings is 1. The Kier molecular flexibility index (Phi) is 4.89. The Morgan fingerprint density at radius 2 is 2.03 bits per heavy atom. The summed E-state index contributed by atoms with van der Waals surface area (Å²) in [4.78, 5) is 15.5. The van der Waals surface area contributed by atoms with Gasteiger partial charge < -0.3 is 18.8 Å². The Bertz CT molecular complexity index is 1520. The minimum atomic E-state index is -1.99. The predicted molar refractivity (Wildman–Crippen MR) is 121 cm³/mol. The van der Waals surface area contributed by atoms with Crippen LogP contribution >= 0.6 is 11.7 Å². The predicted octanol–water partition coefficient (Wildman–Crippen LogP) is 4.05. The fourth-order valence-electron chi connectivity index (χ4n) is 3.57. The molecule has 2 aromatic carbocycles. The van der Waals surface area contributed by atoms with Gasteiger partial charge >= 0.3 is 0 Å². The van der Waals surface area contributed by atoms with E-state index in [0.29, 0.717) is 33.7 Å². The van der Waals surface area contributed by atoms with Crippen molar-refractivity contribution in [3.63, 3.8) is 0 Å². The van der Waals surface area contributed by atoms with E-state index in [0.717, 1.165) is 28.2 Å². The molecule has 0 aliphatic rings. The molecule has 3 heterocycles. The summed E-state index contributed by atoms with van der Waals surface area (Å²) in [6.45, 7) is 0. The third-order valence-electron chi connectivity index (χ3n) is 4.99. The van der Waals surface area contributed by atoms with E-state index in [-0.39, 0.29) is 11.3 Å². The summed E-state index contributed by atoms with van der Waals surface area (Å²) >= 11 is -0.875. The second-order valence-electron chi connectivity index (χ2n) is 7.01. The highest BCUT2D eigenvalue weighted by atomic mass is 32.2. The molecule has 5 aromatic rings. The zero-order chi connectivity index (χ0) is 21.5. The van der Waals surface area contributed by atoms with Crippen LogP contribution in [0.1, 0.15) is 5.56 Å². The SMILES string of the molecule is Cn1cc(-c2cc(CS(=O)O)ccc2Oc2cccc3nsnc23)c2cc[nH]c2c1=O. The topological polar surface area (TPSA) is 110 Å². The molecule has 0 spiro atoms. The van der Waals surface area contributed by atoms with Crippen LogP contribution in [-0.4, -0.2) is 27.1 Å². The quantitative estimate of drug-likeness (QED) is 0.389. The zero-order valence-corrected chi connectivity index (χ0v) is 17.9. The number of hydrogen-bond acceptors (Lipinski definition) is 6. The van der Waals surface area contributed by atoms with Gasteiger partial charge in [0.2, 0.25) is 0 Å². The molecular formula is C21H16N4O4S2. The smallest absolute Gasteiger partial charge is 0.274 e. The van der Waals surface area contributed by atoms with Crippen LogP contribution in [0.5, 0.6) is 11.5 Å². The molecule has 2 N–H and O–H groups in total. The fraction of sp³-hybridized carbons (Fsp3) is 0.0952. The van der Waals surface area contributed by atoms with E-state index in [1.54, 1.807) is 31.6 Å². The number of aromatic nitrogens is 4. The Balaban J connectivity index is 1.73. The standard InChI is InChI=1S/C21H16N4O4S2/c1-25-10-15(13-7-8-22-19(13)21(25)26)14-9-12(11-31(27)28)5-6-17(14)29-18-4-2-3-16-20(18)24-30-23-16/h2-10,22H,11H2,1H3,(H,27,28). The third-order valence-corrected chi connectivity index (χ3v) is 6.11. The van der Waals surface area contributed by atoms with Gasteiger partial charge in [-0.05, 0) is 35.9 Å². The normalized spacial score (nSPS) is 12.5. The molecule has 31 heavy (non-hydrogen) atoms. The van der Waals surface area contributed by atoms with Crippen LogP contribution in [0.25, 0.3) is 33.1 Å². The summed E-state index contributed by atoms with van der Waals surface area (Å²) in [5.41, 5.74) is 3.88. The first-order chi connectivity index (χ1) is 15.0. The summed E-state index contributed by atoms with van der Waals surface area (Å²) in [6, 6.07) is 12.7. The maximum absolute atomic E-state index is 12.5. The molecule has 156 valence electrons. The summed E-state index contributed by atoms with van der Waals surface area (Å²) < 4.78 is 37.1. The average molecular weight is 453 g/mol. The molecule has 3 aromatic heterocycles. The fourth-order valence-corrected chi connectivity index (χ4v) is 4.58. The molecule has 10 heteroatoms. The Morgan fingerprint density at radius 3 is 2.87 bits per heavy atom. The highest BCUT2D eigenvalue weighted by Crippen LogP contribution is 2.38. The van der Waals surface area contributed by atoms with E-state index >= 15 is 0 Å². The molecule has 0 saturated heterocycles. The maximum atomic E-state index is 12.5. The van der Waals surface area contributed by atoms with Gasteiger partial charge in [-0.1, -0.05) is 12.1 Å². The van der Waals surface area contributed by atoms with Gasteiger partial charge in [0.15, 0.2) is 16.8 Å². The largest absolute Gasteiger partial charge is 0.454 e. The number of ether oxygens (including phenoxy) is 1. The first-order valence-electron chi connectivity index (χ1n) is 9.28. The van der Waals surface area contributed by atoms with Crippen LogP contribution in [0.2, 0.25) is 0 Å². The van der Waals surface area contributed by atoms with E-state index in [4.69, 9.17) is 4.74 Å². The average Bonchev–Trinajstić information content (AvgIpc) is 3.42. The minimum absolute atomic E-state index is 0.0130. The number of nitrogens with one attached hydrogen (secondary N) is 1. The molecule has 1 atom stereocenters. The first kappa shape index (κ1) is 19.6. The van der Waals surface area contributed by atoms with Crippen molar-refractivity contribution in [1.82, 2.24) is 18.3 Å². The summed E-state index contributed by atoms with van der Waals surface area (Å²) in [6.07, 6.45) is 3.45. The van der Waals surface area contributed by atoms with Crippen molar-refractivity contribution < 1.29 is 13.5 Å². The van der Waals surface area contributed by atoms with E-state index < -0.39 is 11.1 Å². The van der Waals surface area contributed by atoms with Crippen LogP contribution in [0.3, 0.4) is 0 Å². The van der Waals surface area contributed by atoms with Crippen LogP contribution < -0.4 is 10.3 Å². The van der Waals surface area contributed by atoms with Gasteiger partial charge in [0, 0.05) is 36.0 Å². The van der Waals surface area contributed by atoms with Gasteiger partial charge in [-0.15, -0.1) is 0 Å². The van der Waals surface area contributed by atoms with Crippen molar-refractivity contribution in [2.75, 3.05) is 0 Å². The number of hydrogen-bond donors (Lipinski definition) is 2. The van der Waals surface area contributed by atoms with Crippen LogP contribution in [0, 0.1) is 0 Å². The maximum Gasteiger partial charge on any atom is 0.274 e. The molecule has 5 rings (SSSR count). The number of nitrogens with zero attached hydrogens (tertiary/aromatic N) is 3. The molecular weight excluding hydrogens is 436 g/mol. The van der Waals surface area contributed by atoms with Gasteiger partial charge in [-0.3, -0.25) is 4.79 Å². The highest BCUT2D eigenvalue weighted by Gasteiger charge is 2.17. The number of aryl methyl sites for hydroxylation is 1. The number of rotatable bonds is 5. The third kappa shape index (κ3) is 3.54. The molecule has 0 aliphatic heterocycles. The Labute approximate surface area is 182 Å². The molecule has 0 aliphatic carbocycles. The molecule has 0 bridgehead atoms. The Morgan fingerprint density at radius 1 is 1.16 bits per heavy atom. The molecule has 1 unspecified atom stereocenters. The van der Waals surface area contributed by atoms with E-state index in [9.17, 15) is 13.6 Å². The molecule has 8 nitrogen and oxygen atoms in total. The highest BCUT2D eigenvalue weighted by molar-refractivity contribution is 7.78. The molecule has 0 saturated carbocycles. The van der Waals surface area contributed by atoms with Crippen molar-refractivity contribution >= 4 is 44.7 Å². The van der Waals surface area contributed by atoms with E-state index in [2.05, 4.69) is 13.7 Å². The molecule has 0 radical (unpaired) electrons. The molecule has 0 fully saturated rings. The Hall–Kier alpha value is -3.34. The van der Waals surface area contributed by atoms with Crippen molar-refractivity contribution in [3.8, 4) is 22.6 Å². The van der Waals surface area contributed by atoms with Crippen LogP contribution in [0.15, 0.2) is 59.7 Å². The lowest BCUT2D eigenvalue weighted by Gasteiger charge is -2.15. The van der Waals surface area contributed by atoms with Gasteiger partial charge in [0.1, 0.15) is 22.3 Å². The monoisotopic (exact) mass is 452 g/mol. The lowest BCUT2D eigenvalue weighted by Crippen LogP contribution is -2.16. The summed E-state index contributed by atoms with van der Waals surface area (Å²) in [5.74, 6) is 1.08. The van der Waals surface area contributed by atoms with Gasteiger partial charge in [-0.2, -0.15) is 8.75 Å². The number of H-pyrrole nitrogens is 1. The second-order valence-corrected chi connectivity index (χ2v) is 8.47. The van der Waals surface area contributed by atoms with Gasteiger partial charge in [0.25, 0.3) is 5.56 Å². The van der Waals surface area contributed by atoms with Crippen LogP contribution in [0.4, 0.5) is 0 Å². The van der Waals surface area contributed by atoms with Gasteiger partial charge in [-0.25, -0.2) is 4.21 Å². The number of benzene rings is 2. The van der Waals surface area contributed by atoms with Crippen molar-refractivity contribution in [2.45, 2.75) is 5.75 Å². The zero-order valence-electron chi connectivity index (χ0n) is 16.2. The molecule has 0 amide bonds. The first-order valence-corrected chi connectivity index (χ1v) is 11.3. The van der Waals surface area contributed by atoms with E-state index in [1.165, 1.54) is 4.57 Å². The second kappa shape index (κ2) is 7.73. The number of fused-ring (bicyclic) bond motifs is 2. The number of aromatic amines is 1. The summed E-state index contributed by atoms with van der Waals surface area (Å²) in [7, 11) is 1.68. The van der Waals surface area contributed by atoms with Crippen LogP contribution in [-0.2, 0) is 23.9 Å². The summed E-state index contributed by atoms with van der Waals surface area (Å²) in [5, 5.41) is 0.740. The van der Waals surface area contributed by atoms with E-state index in [1.807, 2.05) is 30.3 Å². The minimum Gasteiger partial charge on any atom is -0.454 e. The lowest BCUT2D eigenvalue weighted by molar-refractivity contribution is 0.489.